The second kappa shape index (κ2) is 3.01. The maximum absolute atomic E-state index is 10.1. The number of nitrogens with zero attached hydrogens (tertiary/aromatic N) is 1. The SMILES string of the molecule is CC(N=O)C(=O)C=O. The number of nitroso groups, excluding NO2 is 1. The number of carbonyl (C=O) groups excluding carboxylic acids is 2. The topological polar surface area (TPSA) is 63.6 Å². The monoisotopic (exact) mass is 115 g/mol. The molecule has 0 aromatic heterocycles. The van der Waals surface area contributed by atoms with Crippen LogP contribution in [0.3, 0.4) is 0 Å². The van der Waals surface area contributed by atoms with Gasteiger partial charge in [0.2, 0.25) is 5.78 Å². The van der Waals surface area contributed by atoms with Gasteiger partial charge < -0.3 is 0 Å². The van der Waals surface area contributed by atoms with Gasteiger partial charge in [0.15, 0.2) is 12.3 Å². The Bertz CT molecular complexity index is 120. The van der Waals surface area contributed by atoms with Crippen molar-refractivity contribution >= 4 is 12.1 Å². The predicted molar refractivity (Wildman–Crippen MR) is 26.3 cm³/mol. The molecule has 1 unspecified atom stereocenters. The second-order valence-electron chi connectivity index (χ2n) is 1.30. The van der Waals surface area contributed by atoms with E-state index in [1.165, 1.54) is 6.92 Å². The molecular formula is C4H5NO3. The minimum Gasteiger partial charge on any atom is -0.295 e. The van der Waals surface area contributed by atoms with Gasteiger partial charge >= 0.3 is 0 Å². The van der Waals surface area contributed by atoms with Crippen molar-refractivity contribution in [3.63, 3.8) is 0 Å². The molecule has 0 aromatic carbocycles. The number of rotatable bonds is 3. The van der Waals surface area contributed by atoms with E-state index in [1.54, 1.807) is 0 Å². The lowest BCUT2D eigenvalue weighted by atomic mass is 10.2. The highest BCUT2D eigenvalue weighted by Gasteiger charge is 2.09. The first-order chi connectivity index (χ1) is 3.72. The van der Waals surface area contributed by atoms with Gasteiger partial charge in [-0.3, -0.25) is 9.59 Å². The summed E-state index contributed by atoms with van der Waals surface area (Å²) in [5.41, 5.74) is 0. The molecule has 0 rings (SSSR count). The standard InChI is InChI=1S/C4H5NO3/c1-3(5-8)4(7)2-6/h2-3H,1H3. The molecule has 4 nitrogen and oxygen atoms in total. The van der Waals surface area contributed by atoms with Crippen LogP contribution in [0.1, 0.15) is 6.92 Å². The summed E-state index contributed by atoms with van der Waals surface area (Å²) in [4.78, 5) is 29.1. The number of carbonyl (C=O) groups is 2. The average Bonchev–Trinajstić information content (AvgIpc) is 1.84. The lowest BCUT2D eigenvalue weighted by molar-refractivity contribution is -0.130. The van der Waals surface area contributed by atoms with Crippen LogP contribution in [0.4, 0.5) is 0 Å². The van der Waals surface area contributed by atoms with E-state index < -0.39 is 11.8 Å². The van der Waals surface area contributed by atoms with E-state index in [2.05, 4.69) is 5.18 Å². The summed E-state index contributed by atoms with van der Waals surface area (Å²) >= 11 is 0. The van der Waals surface area contributed by atoms with E-state index in [9.17, 15) is 14.5 Å². The van der Waals surface area contributed by atoms with Crippen molar-refractivity contribution in [2.24, 2.45) is 5.18 Å². The van der Waals surface area contributed by atoms with Crippen LogP contribution in [0.2, 0.25) is 0 Å². The van der Waals surface area contributed by atoms with Crippen LogP contribution in [0.25, 0.3) is 0 Å². The molecule has 8 heavy (non-hydrogen) atoms. The summed E-state index contributed by atoms with van der Waals surface area (Å²) in [7, 11) is 0. The molecule has 0 N–H and O–H groups in total. The first kappa shape index (κ1) is 6.94. The molecule has 0 aromatic rings. The number of aldehydes is 1. The third kappa shape index (κ3) is 1.59. The summed E-state index contributed by atoms with van der Waals surface area (Å²) in [6, 6.07) is -1.02. The molecule has 0 spiro atoms. The van der Waals surface area contributed by atoms with Crippen molar-refractivity contribution in [3.8, 4) is 0 Å². The van der Waals surface area contributed by atoms with E-state index >= 15 is 0 Å². The van der Waals surface area contributed by atoms with Gasteiger partial charge in [-0.2, -0.15) is 4.91 Å². The Hall–Kier alpha value is -1.06. The fourth-order valence-electron chi connectivity index (χ4n) is 0.150. The first-order valence-corrected chi connectivity index (χ1v) is 2.04. The fourth-order valence-corrected chi connectivity index (χ4v) is 0.150. The van der Waals surface area contributed by atoms with Crippen molar-refractivity contribution < 1.29 is 9.59 Å². The summed E-state index contributed by atoms with van der Waals surface area (Å²) in [6.45, 7) is 1.27. The highest BCUT2D eigenvalue weighted by molar-refractivity contribution is 6.27. The smallest absolute Gasteiger partial charge is 0.222 e. The largest absolute Gasteiger partial charge is 0.295 e. The zero-order valence-electron chi connectivity index (χ0n) is 4.33. The molecule has 0 aliphatic heterocycles. The molecule has 0 saturated carbocycles. The van der Waals surface area contributed by atoms with E-state index in [4.69, 9.17) is 0 Å². The molecule has 1 atom stereocenters. The zero-order valence-corrected chi connectivity index (χ0v) is 4.33. The van der Waals surface area contributed by atoms with E-state index in [-0.39, 0.29) is 6.29 Å². The zero-order chi connectivity index (χ0) is 6.57. The Morgan fingerprint density at radius 2 is 2.25 bits per heavy atom. The molecule has 0 aliphatic rings. The van der Waals surface area contributed by atoms with Crippen LogP contribution in [0.15, 0.2) is 5.18 Å². The molecule has 0 aliphatic carbocycles. The van der Waals surface area contributed by atoms with Crippen LogP contribution in [-0.4, -0.2) is 18.1 Å². The third-order valence-electron chi connectivity index (χ3n) is 0.686. The molecular weight excluding hydrogens is 110 g/mol. The van der Waals surface area contributed by atoms with Crippen LogP contribution >= 0.6 is 0 Å². The van der Waals surface area contributed by atoms with Gasteiger partial charge in [0, 0.05) is 0 Å². The quantitative estimate of drug-likeness (QED) is 0.293. The van der Waals surface area contributed by atoms with Crippen molar-refractivity contribution in [3.05, 3.63) is 4.91 Å². The number of ketones is 1. The molecule has 4 heteroatoms. The Kier molecular flexibility index (Phi) is 2.61. The van der Waals surface area contributed by atoms with Crippen LogP contribution in [0.5, 0.6) is 0 Å². The van der Waals surface area contributed by atoms with Gasteiger partial charge in [-0.05, 0) is 6.92 Å². The molecule has 0 heterocycles. The molecule has 0 bridgehead atoms. The van der Waals surface area contributed by atoms with Crippen LogP contribution in [0, 0.1) is 4.91 Å². The Labute approximate surface area is 45.9 Å². The normalized spacial score (nSPS) is 12.1. The maximum atomic E-state index is 10.1. The summed E-state index contributed by atoms with van der Waals surface area (Å²) in [6.07, 6.45) is 0.0894. The van der Waals surface area contributed by atoms with Crippen molar-refractivity contribution in [2.75, 3.05) is 0 Å². The van der Waals surface area contributed by atoms with E-state index in [1.807, 2.05) is 0 Å². The summed E-state index contributed by atoms with van der Waals surface area (Å²) < 4.78 is 0. The lowest BCUT2D eigenvalue weighted by Gasteiger charge is -1.87. The summed E-state index contributed by atoms with van der Waals surface area (Å²) in [5, 5.41) is 2.33. The Morgan fingerprint density at radius 1 is 1.75 bits per heavy atom. The van der Waals surface area contributed by atoms with Gasteiger partial charge in [-0.1, -0.05) is 5.18 Å². The van der Waals surface area contributed by atoms with Crippen LogP contribution in [-0.2, 0) is 9.59 Å². The average molecular weight is 115 g/mol. The van der Waals surface area contributed by atoms with Crippen molar-refractivity contribution in [2.45, 2.75) is 13.0 Å². The van der Waals surface area contributed by atoms with E-state index in [0.29, 0.717) is 0 Å². The molecule has 0 fully saturated rings. The van der Waals surface area contributed by atoms with Crippen molar-refractivity contribution in [1.29, 1.82) is 0 Å². The Morgan fingerprint density at radius 3 is 2.38 bits per heavy atom. The van der Waals surface area contributed by atoms with Crippen molar-refractivity contribution in [1.82, 2.24) is 0 Å². The van der Waals surface area contributed by atoms with Gasteiger partial charge in [0.1, 0.15) is 0 Å². The lowest BCUT2D eigenvalue weighted by Crippen LogP contribution is -2.14. The first-order valence-electron chi connectivity index (χ1n) is 2.04. The maximum Gasteiger partial charge on any atom is 0.222 e. The number of hydrogen-bond acceptors (Lipinski definition) is 4. The third-order valence-corrected chi connectivity index (χ3v) is 0.686. The van der Waals surface area contributed by atoms with E-state index in [0.717, 1.165) is 0 Å². The fraction of sp³-hybridized carbons (Fsp3) is 0.500. The predicted octanol–water partition coefficient (Wildman–Crippen LogP) is -0.0907. The van der Waals surface area contributed by atoms with Gasteiger partial charge in [-0.25, -0.2) is 0 Å². The number of hydrogen-bond donors (Lipinski definition) is 0. The highest BCUT2D eigenvalue weighted by atomic mass is 16.3. The second-order valence-corrected chi connectivity index (χ2v) is 1.30. The Balaban J connectivity index is 3.80. The minimum absolute atomic E-state index is 0.0894. The molecule has 0 amide bonds. The molecule has 0 saturated heterocycles. The molecule has 0 radical (unpaired) electrons. The highest BCUT2D eigenvalue weighted by Crippen LogP contribution is 1.85. The van der Waals surface area contributed by atoms with Gasteiger partial charge in [-0.15, -0.1) is 0 Å². The minimum atomic E-state index is -1.02. The van der Waals surface area contributed by atoms with Gasteiger partial charge in [0.05, 0.1) is 0 Å². The number of Topliss-reactive ketones (excluding diaryl/α,β-unsaturated/α-hetero) is 1. The molecule has 44 valence electrons. The summed E-state index contributed by atoms with van der Waals surface area (Å²) in [5.74, 6) is -0.778. The van der Waals surface area contributed by atoms with Crippen LogP contribution < -0.4 is 0 Å². The van der Waals surface area contributed by atoms with Gasteiger partial charge in [0.25, 0.3) is 0 Å².